The van der Waals surface area contributed by atoms with Crippen LogP contribution in [0.25, 0.3) is 0 Å². The maximum atomic E-state index is 12.2. The van der Waals surface area contributed by atoms with Gasteiger partial charge in [0.25, 0.3) is 0 Å². The van der Waals surface area contributed by atoms with Crippen LogP contribution in [0.1, 0.15) is 23.6 Å². The Labute approximate surface area is 155 Å². The van der Waals surface area contributed by atoms with Gasteiger partial charge in [-0.1, -0.05) is 17.7 Å². The molecule has 5 heteroatoms. The third-order valence-corrected chi connectivity index (χ3v) is 3.94. The van der Waals surface area contributed by atoms with E-state index < -0.39 is 0 Å². The standard InChI is InChI=1S/C21H28N2O3/c1-5-25-10-11-26-19-8-6-18(7-9-19)23-20(24)14-22-21-16(3)12-15(2)13-17(21)4/h6-9,12-13,22H,5,10-11,14H2,1-4H3,(H,23,24). The fourth-order valence-electron chi connectivity index (χ4n) is 2.83. The van der Waals surface area contributed by atoms with E-state index in [-0.39, 0.29) is 12.5 Å². The summed E-state index contributed by atoms with van der Waals surface area (Å²) in [6.45, 7) is 10.1. The largest absolute Gasteiger partial charge is 0.491 e. The predicted molar refractivity (Wildman–Crippen MR) is 106 cm³/mol. The molecule has 2 aromatic carbocycles. The molecule has 0 spiro atoms. The van der Waals surface area contributed by atoms with Gasteiger partial charge in [-0.25, -0.2) is 0 Å². The molecule has 0 heterocycles. The van der Waals surface area contributed by atoms with Gasteiger partial charge < -0.3 is 20.1 Å². The summed E-state index contributed by atoms with van der Waals surface area (Å²) in [5.41, 5.74) is 5.27. The van der Waals surface area contributed by atoms with Gasteiger partial charge in [0.15, 0.2) is 0 Å². The third-order valence-electron chi connectivity index (χ3n) is 3.94. The number of anilines is 2. The van der Waals surface area contributed by atoms with Crippen LogP contribution >= 0.6 is 0 Å². The van der Waals surface area contributed by atoms with Crippen molar-refractivity contribution >= 4 is 17.3 Å². The van der Waals surface area contributed by atoms with Crippen molar-refractivity contribution < 1.29 is 14.3 Å². The Morgan fingerprint density at radius 2 is 1.65 bits per heavy atom. The zero-order chi connectivity index (χ0) is 18.9. The first-order valence-electron chi connectivity index (χ1n) is 8.91. The van der Waals surface area contributed by atoms with Crippen molar-refractivity contribution in [3.8, 4) is 5.75 Å². The number of hydrogen-bond acceptors (Lipinski definition) is 4. The van der Waals surface area contributed by atoms with Crippen molar-refractivity contribution in [2.24, 2.45) is 0 Å². The molecular weight excluding hydrogens is 328 g/mol. The molecule has 2 aromatic rings. The zero-order valence-corrected chi connectivity index (χ0v) is 16.0. The van der Waals surface area contributed by atoms with Crippen LogP contribution in [0.15, 0.2) is 36.4 Å². The van der Waals surface area contributed by atoms with E-state index in [9.17, 15) is 4.79 Å². The predicted octanol–water partition coefficient (Wildman–Crippen LogP) is 4.08. The minimum absolute atomic E-state index is 0.0885. The highest BCUT2D eigenvalue weighted by Crippen LogP contribution is 2.21. The van der Waals surface area contributed by atoms with Gasteiger partial charge in [-0.15, -0.1) is 0 Å². The Morgan fingerprint density at radius 3 is 2.27 bits per heavy atom. The normalized spacial score (nSPS) is 10.5. The van der Waals surface area contributed by atoms with Crippen molar-refractivity contribution in [3.05, 3.63) is 53.1 Å². The first kappa shape index (κ1) is 19.8. The highest BCUT2D eigenvalue weighted by Gasteiger charge is 2.07. The summed E-state index contributed by atoms with van der Waals surface area (Å²) >= 11 is 0. The Balaban J connectivity index is 1.82. The Hall–Kier alpha value is -2.53. The molecular formula is C21H28N2O3. The molecule has 0 aromatic heterocycles. The average Bonchev–Trinajstić information content (AvgIpc) is 2.59. The smallest absolute Gasteiger partial charge is 0.243 e. The second-order valence-electron chi connectivity index (χ2n) is 6.25. The fraction of sp³-hybridized carbons (Fsp3) is 0.381. The lowest BCUT2D eigenvalue weighted by Gasteiger charge is -2.14. The van der Waals surface area contributed by atoms with E-state index in [2.05, 4.69) is 29.7 Å². The summed E-state index contributed by atoms with van der Waals surface area (Å²) in [4.78, 5) is 12.2. The van der Waals surface area contributed by atoms with Crippen LogP contribution < -0.4 is 15.4 Å². The van der Waals surface area contributed by atoms with Gasteiger partial charge in [-0.05, 0) is 63.1 Å². The molecule has 0 aliphatic carbocycles. The number of nitrogens with one attached hydrogen (secondary N) is 2. The molecule has 5 nitrogen and oxygen atoms in total. The van der Waals surface area contributed by atoms with Crippen LogP contribution in [0.4, 0.5) is 11.4 Å². The average molecular weight is 356 g/mol. The van der Waals surface area contributed by atoms with Crippen molar-refractivity contribution in [2.45, 2.75) is 27.7 Å². The number of benzene rings is 2. The fourth-order valence-corrected chi connectivity index (χ4v) is 2.83. The van der Waals surface area contributed by atoms with Crippen LogP contribution in [0, 0.1) is 20.8 Å². The van der Waals surface area contributed by atoms with Crippen molar-refractivity contribution in [1.29, 1.82) is 0 Å². The van der Waals surface area contributed by atoms with E-state index in [1.165, 1.54) is 5.56 Å². The summed E-state index contributed by atoms with van der Waals surface area (Å²) in [6.07, 6.45) is 0. The number of carbonyl (C=O) groups is 1. The van der Waals surface area contributed by atoms with Gasteiger partial charge in [0, 0.05) is 18.0 Å². The van der Waals surface area contributed by atoms with E-state index in [1.54, 1.807) is 0 Å². The van der Waals surface area contributed by atoms with E-state index in [1.807, 2.05) is 45.0 Å². The van der Waals surface area contributed by atoms with Crippen molar-refractivity contribution in [3.63, 3.8) is 0 Å². The molecule has 0 atom stereocenters. The van der Waals surface area contributed by atoms with Gasteiger partial charge in [0.2, 0.25) is 5.91 Å². The summed E-state index contributed by atoms with van der Waals surface area (Å²) in [7, 11) is 0. The van der Waals surface area contributed by atoms with Gasteiger partial charge in [-0.2, -0.15) is 0 Å². The van der Waals surface area contributed by atoms with Crippen LogP contribution in [0.5, 0.6) is 5.75 Å². The molecule has 0 saturated carbocycles. The van der Waals surface area contributed by atoms with Gasteiger partial charge >= 0.3 is 0 Å². The highest BCUT2D eigenvalue weighted by atomic mass is 16.5. The number of rotatable bonds is 9. The van der Waals surface area contributed by atoms with Crippen molar-refractivity contribution in [2.75, 3.05) is 37.0 Å². The zero-order valence-electron chi connectivity index (χ0n) is 16.0. The summed E-state index contributed by atoms with van der Waals surface area (Å²) in [5.74, 6) is 0.668. The number of ether oxygens (including phenoxy) is 2. The molecule has 2 N–H and O–H groups in total. The highest BCUT2D eigenvalue weighted by molar-refractivity contribution is 5.94. The monoisotopic (exact) mass is 356 g/mol. The second kappa shape index (κ2) is 9.82. The van der Waals surface area contributed by atoms with Gasteiger partial charge in [0.05, 0.1) is 13.2 Å². The first-order chi connectivity index (χ1) is 12.5. The summed E-state index contributed by atoms with van der Waals surface area (Å²) in [6, 6.07) is 11.5. The van der Waals surface area contributed by atoms with Crippen LogP contribution in [-0.4, -0.2) is 32.3 Å². The van der Waals surface area contributed by atoms with Crippen LogP contribution in [0.3, 0.4) is 0 Å². The molecule has 0 radical (unpaired) electrons. The van der Waals surface area contributed by atoms with Crippen LogP contribution in [0.2, 0.25) is 0 Å². The topological polar surface area (TPSA) is 59.6 Å². The molecule has 0 fully saturated rings. The number of hydrogen-bond donors (Lipinski definition) is 2. The molecule has 0 saturated heterocycles. The molecule has 140 valence electrons. The molecule has 0 aliphatic heterocycles. The summed E-state index contributed by atoms with van der Waals surface area (Å²) < 4.78 is 10.8. The van der Waals surface area contributed by atoms with Crippen molar-refractivity contribution in [1.82, 2.24) is 0 Å². The van der Waals surface area contributed by atoms with Crippen LogP contribution in [-0.2, 0) is 9.53 Å². The minimum Gasteiger partial charge on any atom is -0.491 e. The number of aryl methyl sites for hydroxylation is 3. The Morgan fingerprint density at radius 1 is 1.00 bits per heavy atom. The van der Waals surface area contributed by atoms with E-state index >= 15 is 0 Å². The Kier molecular flexibility index (Phi) is 7.48. The number of amides is 1. The minimum atomic E-state index is -0.0885. The first-order valence-corrected chi connectivity index (χ1v) is 8.91. The van der Waals surface area contributed by atoms with E-state index in [0.29, 0.717) is 19.8 Å². The SMILES string of the molecule is CCOCCOc1ccc(NC(=O)CNc2c(C)cc(C)cc2C)cc1. The molecule has 26 heavy (non-hydrogen) atoms. The third kappa shape index (κ3) is 6.08. The lowest BCUT2D eigenvalue weighted by atomic mass is 10.1. The van der Waals surface area contributed by atoms with Gasteiger partial charge in [-0.3, -0.25) is 4.79 Å². The molecule has 1 amide bonds. The lowest BCUT2D eigenvalue weighted by molar-refractivity contribution is -0.114. The van der Waals surface area contributed by atoms with E-state index in [0.717, 1.165) is 28.3 Å². The molecule has 0 aliphatic rings. The lowest BCUT2D eigenvalue weighted by Crippen LogP contribution is -2.22. The number of carbonyl (C=O) groups excluding carboxylic acids is 1. The van der Waals surface area contributed by atoms with Gasteiger partial charge in [0.1, 0.15) is 12.4 Å². The molecule has 0 bridgehead atoms. The summed E-state index contributed by atoms with van der Waals surface area (Å²) in [5, 5.41) is 6.11. The Bertz CT molecular complexity index is 704. The maximum absolute atomic E-state index is 12.2. The molecule has 0 unspecified atom stereocenters. The quantitative estimate of drug-likeness (QED) is 0.665. The van der Waals surface area contributed by atoms with E-state index in [4.69, 9.17) is 9.47 Å². The second-order valence-corrected chi connectivity index (χ2v) is 6.25. The molecule has 2 rings (SSSR count). The maximum Gasteiger partial charge on any atom is 0.243 e.